The number of halogens is 2. The van der Waals surface area contributed by atoms with E-state index in [9.17, 15) is 75.0 Å². The number of hydrogen-bond acceptors (Lipinski definition) is 25. The summed E-state index contributed by atoms with van der Waals surface area (Å²) in [5, 5.41) is 131. The van der Waals surface area contributed by atoms with Crippen LogP contribution in [0.25, 0.3) is 11.1 Å². The summed E-state index contributed by atoms with van der Waals surface area (Å²) in [4.78, 5) is 117. The number of benzene rings is 5. The molecule has 18 atom stereocenters. The lowest BCUT2D eigenvalue weighted by molar-refractivity contribution is -0.286. The molecule has 1 saturated heterocycles. The van der Waals surface area contributed by atoms with Gasteiger partial charge in [0, 0.05) is 47.2 Å². The molecule has 5 aromatic carbocycles. The number of carbonyl (C=O) groups is 8. The Morgan fingerprint density at radius 1 is 0.723 bits per heavy atom. The van der Waals surface area contributed by atoms with Crippen LogP contribution in [0.4, 0.5) is 0 Å². The number of ether oxygens (including phenoxy) is 6. The molecule has 1 unspecified atom stereocenters. The maximum Gasteiger partial charge on any atom is 0.330 e. The number of aliphatic carboxylic acids is 1. The molecule has 1 aliphatic carbocycles. The molecule has 21 N–H and O–H groups in total. The van der Waals surface area contributed by atoms with Crippen molar-refractivity contribution in [2.75, 3.05) is 13.7 Å². The highest BCUT2D eigenvalue weighted by molar-refractivity contribution is 6.32. The topological polar surface area (TPSA) is 530 Å². The standard InChI is InChI=1S/C66H75Cl2N9O24/c1-23(2)96-64(71-5)63(93)77-49-51(83)26-7-10-38(33(67)13-26)98-40-15-28-16-41(55(40)100-42-17-29(22-78)53(85)54(86)56(42)101-44-21-66(4,70)57(87)24(3)97-44)99-39-11-8-27(14-34(39)68)52(84)50-62(92)75-48(65(94)95)32-18-30(79)19-37(81)45(32)31-12-25(6-9-36(31)80)46(59(89)76-50)74-60(90)47(28)73-58(88)35(20-43(69)82)72-61(49)91/h6-16,18-19,23-24,29,35,42,44,46-54,56-57,64,71,78-81,83-87H,17,20-22,70H2,1-5H3,(H2,69,82)(H,72,91)(H,73,88)(H,74,90)(H,75,92)(H,76,89)(H,77,93)(H,94,95)/t24-,29+,35-,42+,44-,46+,47+,48-,49+,50?,51+,52+,53+,54-,56-,57+,64+,66-/m0/s1. The summed E-state index contributed by atoms with van der Waals surface area (Å²) in [6, 6.07) is 0.411. The summed E-state index contributed by atoms with van der Waals surface area (Å²) in [6.07, 6.45) is -18.3. The number of carboxylic acid groups (broad SMARTS) is 1. The highest BCUT2D eigenvalue weighted by Gasteiger charge is 2.51. The Hall–Kier alpha value is -9.20. The molecular weight excluding hydrogens is 1370 g/mol. The largest absolute Gasteiger partial charge is 0.508 e. The maximum absolute atomic E-state index is 16.0. The van der Waals surface area contributed by atoms with E-state index in [1.54, 1.807) is 13.8 Å². The number of carbonyl (C=O) groups excluding carboxylic acids is 7. The van der Waals surface area contributed by atoms with Crippen molar-refractivity contribution in [3.8, 4) is 57.1 Å². The minimum Gasteiger partial charge on any atom is -0.508 e. The molecule has 7 aliphatic rings. The number of phenols is 3. The van der Waals surface area contributed by atoms with Crippen molar-refractivity contribution in [3.05, 3.63) is 117 Å². The Morgan fingerprint density at radius 2 is 1.33 bits per heavy atom. The monoisotopic (exact) mass is 1450 g/mol. The summed E-state index contributed by atoms with van der Waals surface area (Å²) < 4.78 is 38.3. The van der Waals surface area contributed by atoms with Gasteiger partial charge in [-0.15, -0.1) is 0 Å². The molecule has 2 fully saturated rings. The van der Waals surface area contributed by atoms with E-state index in [2.05, 4.69) is 37.2 Å². The molecule has 7 amide bonds. The number of phenolic OH excluding ortho intramolecular Hbond substituents is 3. The normalized spacial score (nSPS) is 29.4. The van der Waals surface area contributed by atoms with Gasteiger partial charge in [0.25, 0.3) is 5.91 Å². The van der Waals surface area contributed by atoms with Crippen LogP contribution < -0.4 is 62.9 Å². The maximum atomic E-state index is 16.0. The third kappa shape index (κ3) is 15.8. The Bertz CT molecular complexity index is 4070. The number of aliphatic hydroxyl groups is 6. The SMILES string of the molecule is CN[C@H](OC(C)C)C(=O)N[C@H]1C(=O)N[C@@H](CC(N)=O)C(=O)N[C@H]2C(=O)N[C@H]3C(=O)NC(C(=O)N[C@H](C(=O)O)c4cc(O)cc(O)c4-c4cc3ccc4O)[C@H](O)c3ccc(c(Cl)c3)Oc3cc2cc(c3O[C@@H]2C[C@H](CO)[C@@H](O)[C@H](O)[C@H]2O[C@H]2C[C@](C)(N)[C@H](O)[C@H](C)O2)Oc2ccc(cc2Cl)[C@H]1O. The number of amides is 7. The number of nitrogens with two attached hydrogens (primary N) is 2. The summed E-state index contributed by atoms with van der Waals surface area (Å²) in [5.74, 6) is -17.0. The van der Waals surface area contributed by atoms with Crippen LogP contribution in [0.2, 0.25) is 10.0 Å². The van der Waals surface area contributed by atoms with Crippen molar-refractivity contribution < 1.29 is 118 Å². The van der Waals surface area contributed by atoms with Gasteiger partial charge in [0.2, 0.25) is 41.2 Å². The first-order valence-corrected chi connectivity index (χ1v) is 32.4. The molecule has 1 saturated carbocycles. The first-order chi connectivity index (χ1) is 47.7. The Kier molecular flexibility index (Phi) is 22.2. The van der Waals surface area contributed by atoms with Crippen LogP contribution in [-0.2, 0) is 52.6 Å². The zero-order valence-corrected chi connectivity index (χ0v) is 55.8. The van der Waals surface area contributed by atoms with Crippen molar-refractivity contribution in [3.63, 3.8) is 0 Å². The van der Waals surface area contributed by atoms with Gasteiger partial charge in [-0.3, -0.25) is 38.9 Å². The molecule has 542 valence electrons. The Balaban J connectivity index is 1.24. The van der Waals surface area contributed by atoms with Crippen LogP contribution in [0.15, 0.2) is 78.9 Å². The number of likely N-dealkylation sites (N-methyl/N-ethyl adjacent to an activating group) is 1. The second kappa shape index (κ2) is 30.2. The van der Waals surface area contributed by atoms with E-state index in [-0.39, 0.29) is 46.1 Å². The molecule has 6 aliphatic heterocycles. The fourth-order valence-corrected chi connectivity index (χ4v) is 13.1. The molecule has 6 heterocycles. The molecule has 12 rings (SSSR count). The number of fused-ring (bicyclic) bond motifs is 15. The summed E-state index contributed by atoms with van der Waals surface area (Å²) in [5.41, 5.74) is 8.09. The van der Waals surface area contributed by atoms with Gasteiger partial charge in [-0.2, -0.15) is 0 Å². The van der Waals surface area contributed by atoms with Gasteiger partial charge >= 0.3 is 5.97 Å². The lowest BCUT2D eigenvalue weighted by Crippen LogP contribution is -2.63. The second-order valence-corrected chi connectivity index (χ2v) is 26.4. The van der Waals surface area contributed by atoms with Crippen molar-refractivity contribution in [2.45, 2.75) is 156 Å². The Labute approximate surface area is 584 Å². The lowest BCUT2D eigenvalue weighted by atomic mass is 9.80. The number of primary amides is 1. The van der Waals surface area contributed by atoms with Crippen molar-refractivity contribution in [1.82, 2.24) is 37.2 Å². The van der Waals surface area contributed by atoms with E-state index < -0.39 is 237 Å². The van der Waals surface area contributed by atoms with Crippen LogP contribution in [0.3, 0.4) is 0 Å². The Morgan fingerprint density at radius 3 is 1.91 bits per heavy atom. The molecule has 0 radical (unpaired) electrons. The number of hydrogen-bond donors (Lipinski definition) is 19. The van der Waals surface area contributed by atoms with Gasteiger partial charge < -0.3 is 123 Å². The van der Waals surface area contributed by atoms with Crippen molar-refractivity contribution in [2.24, 2.45) is 17.4 Å². The smallest absolute Gasteiger partial charge is 0.330 e. The molecule has 0 aromatic heterocycles. The van der Waals surface area contributed by atoms with E-state index in [1.807, 2.05) is 0 Å². The molecule has 33 nitrogen and oxygen atoms in total. The van der Waals surface area contributed by atoms with E-state index in [0.29, 0.717) is 0 Å². The number of carboxylic acids is 1. The predicted molar refractivity (Wildman–Crippen MR) is 349 cm³/mol. The van der Waals surface area contributed by atoms with Gasteiger partial charge in [0.05, 0.1) is 40.9 Å². The number of aromatic hydroxyl groups is 3. The van der Waals surface area contributed by atoms with E-state index in [1.165, 1.54) is 33.0 Å². The molecule has 11 bridgehead atoms. The van der Waals surface area contributed by atoms with E-state index >= 15 is 14.4 Å². The molecular formula is C66H75Cl2N9O24. The second-order valence-electron chi connectivity index (χ2n) is 25.6. The average Bonchev–Trinajstić information content (AvgIpc) is 0.775. The van der Waals surface area contributed by atoms with Gasteiger partial charge in [-0.1, -0.05) is 41.4 Å². The summed E-state index contributed by atoms with van der Waals surface area (Å²) in [7, 11) is 1.35. The van der Waals surface area contributed by atoms with Crippen molar-refractivity contribution in [1.29, 1.82) is 0 Å². The molecule has 35 heteroatoms. The minimum absolute atomic E-state index is 0.183. The quantitative estimate of drug-likeness (QED) is 0.0695. The number of rotatable bonds is 13. The first kappa shape index (κ1) is 74.5. The van der Waals surface area contributed by atoms with Crippen LogP contribution in [0.1, 0.15) is 105 Å². The highest BCUT2D eigenvalue weighted by atomic mass is 35.5. The minimum atomic E-state index is -2.33. The summed E-state index contributed by atoms with van der Waals surface area (Å²) in [6.45, 7) is 5.50. The van der Waals surface area contributed by atoms with Crippen molar-refractivity contribution >= 4 is 70.5 Å². The summed E-state index contributed by atoms with van der Waals surface area (Å²) >= 11 is 14.1. The van der Waals surface area contributed by atoms with Crippen LogP contribution in [0, 0.1) is 5.92 Å². The highest BCUT2D eigenvalue weighted by Crippen LogP contribution is 2.50. The van der Waals surface area contributed by atoms with E-state index in [4.69, 9.17) is 63.1 Å². The average molecular weight is 1450 g/mol. The van der Waals surface area contributed by atoms with Gasteiger partial charge in [0.1, 0.15) is 89.5 Å². The molecule has 101 heavy (non-hydrogen) atoms. The third-order valence-electron chi connectivity index (χ3n) is 17.8. The van der Waals surface area contributed by atoms with Crippen LogP contribution in [0.5, 0.6) is 46.0 Å². The predicted octanol–water partition coefficient (Wildman–Crippen LogP) is 0.106. The van der Waals surface area contributed by atoms with Gasteiger partial charge in [0.15, 0.2) is 30.1 Å². The van der Waals surface area contributed by atoms with E-state index in [0.717, 1.165) is 66.7 Å². The van der Waals surface area contributed by atoms with Crippen LogP contribution in [-0.4, -0.2) is 191 Å². The fraction of sp³-hybridized carbons (Fsp3) is 0.424. The third-order valence-corrected chi connectivity index (χ3v) is 18.4. The molecule has 0 spiro atoms. The van der Waals surface area contributed by atoms with Crippen LogP contribution >= 0.6 is 23.2 Å². The zero-order chi connectivity index (χ0) is 73.5. The molecule has 5 aromatic rings. The fourth-order valence-electron chi connectivity index (χ4n) is 12.6. The first-order valence-electron chi connectivity index (χ1n) is 31.6. The van der Waals surface area contributed by atoms with Gasteiger partial charge in [-0.25, -0.2) is 4.79 Å². The number of aliphatic hydroxyl groups excluding tert-OH is 6. The zero-order valence-electron chi connectivity index (χ0n) is 54.3. The van der Waals surface area contributed by atoms with Gasteiger partial charge in [-0.05, 0) is 118 Å². The number of nitrogens with one attached hydrogen (secondary N) is 7. The lowest BCUT2D eigenvalue weighted by Gasteiger charge is -2.47.